The molecule has 0 aromatic rings. The van der Waals surface area contributed by atoms with Gasteiger partial charge in [0.2, 0.25) is 0 Å². The van der Waals surface area contributed by atoms with Gasteiger partial charge >= 0.3 is 0 Å². The lowest BCUT2D eigenvalue weighted by atomic mass is 9.79. The number of hydrogen-bond acceptors (Lipinski definition) is 1. The average Bonchev–Trinajstić information content (AvgIpc) is 2.56. The summed E-state index contributed by atoms with van der Waals surface area (Å²) >= 11 is 0. The first-order valence-electron chi connectivity index (χ1n) is 7.24. The molecule has 2 atom stereocenters. The Bertz CT molecular complexity index is 272. The van der Waals surface area contributed by atoms with Gasteiger partial charge in [0.05, 0.1) is 29.4 Å². The zero-order chi connectivity index (χ0) is 12.9. The van der Waals surface area contributed by atoms with E-state index in [1.807, 2.05) is 0 Å². The van der Waals surface area contributed by atoms with E-state index in [1.165, 1.54) is 25.7 Å². The molecular weight excluding hydrogens is 240 g/mol. The summed E-state index contributed by atoms with van der Waals surface area (Å²) < 4.78 is 6.12. The predicted molar refractivity (Wildman–Crippen MR) is 81.4 cm³/mol. The van der Waals surface area contributed by atoms with Gasteiger partial charge in [0.15, 0.2) is 0 Å². The molecule has 0 spiro atoms. The molecule has 0 amide bonds. The Kier molecular flexibility index (Phi) is 3.20. The lowest BCUT2D eigenvalue weighted by Gasteiger charge is -2.59. The first-order chi connectivity index (χ1) is 7.66. The summed E-state index contributed by atoms with van der Waals surface area (Å²) in [5, 5.41) is 1.17. The molecule has 2 fully saturated rings. The zero-order valence-corrected chi connectivity index (χ0v) is 14.7. The van der Waals surface area contributed by atoms with Gasteiger partial charge in [-0.15, -0.1) is 0 Å². The van der Waals surface area contributed by atoms with Crippen molar-refractivity contribution in [2.24, 2.45) is 0 Å². The van der Waals surface area contributed by atoms with Gasteiger partial charge in [0.1, 0.15) is 0 Å². The van der Waals surface area contributed by atoms with Gasteiger partial charge in [-0.2, -0.15) is 0 Å². The normalized spacial score (nSPS) is 39.2. The minimum Gasteiger partial charge on any atom is -0.381 e. The summed E-state index contributed by atoms with van der Waals surface area (Å²) in [6, 6.07) is 0. The molecule has 2 rings (SSSR count). The maximum absolute atomic E-state index is 6.12. The summed E-state index contributed by atoms with van der Waals surface area (Å²) in [7, 11) is -2.36. The van der Waals surface area contributed by atoms with E-state index in [1.54, 1.807) is 0 Å². The molecule has 1 saturated carbocycles. The maximum Gasteiger partial charge on any atom is 0.0539 e. The number of hydrogen-bond donors (Lipinski definition) is 0. The largest absolute Gasteiger partial charge is 0.381 e. The van der Waals surface area contributed by atoms with E-state index >= 15 is 0 Å². The van der Waals surface area contributed by atoms with Gasteiger partial charge in [-0.3, -0.25) is 0 Å². The predicted octanol–water partition coefficient (Wildman–Crippen LogP) is 4.75. The Balaban J connectivity index is 2.53. The third-order valence-corrected chi connectivity index (χ3v) is 13.7. The second kappa shape index (κ2) is 3.94. The second-order valence-corrected chi connectivity index (χ2v) is 19.3. The summed E-state index contributed by atoms with van der Waals surface area (Å²) in [6.45, 7) is 17.7. The van der Waals surface area contributed by atoms with Crippen molar-refractivity contribution in [3.8, 4) is 0 Å². The Morgan fingerprint density at radius 3 is 1.35 bits per heavy atom. The third kappa shape index (κ3) is 1.72. The van der Waals surface area contributed by atoms with Crippen molar-refractivity contribution in [3.63, 3.8) is 0 Å². The fourth-order valence-corrected chi connectivity index (χ4v) is 13.2. The molecule has 1 heterocycles. The van der Waals surface area contributed by atoms with Gasteiger partial charge in [-0.25, -0.2) is 0 Å². The van der Waals surface area contributed by atoms with Crippen molar-refractivity contribution in [1.82, 2.24) is 0 Å². The van der Waals surface area contributed by atoms with E-state index in [-0.39, 0.29) is 0 Å². The molecule has 1 aliphatic carbocycles. The van der Waals surface area contributed by atoms with Crippen molar-refractivity contribution in [3.05, 3.63) is 0 Å². The van der Waals surface area contributed by atoms with Gasteiger partial charge in [0.25, 0.3) is 0 Å². The van der Waals surface area contributed by atoms with Gasteiger partial charge in [0, 0.05) is 0 Å². The van der Waals surface area contributed by atoms with Crippen LogP contribution in [0.4, 0.5) is 0 Å². The average molecular weight is 271 g/mol. The van der Waals surface area contributed by atoms with Crippen LogP contribution in [0, 0.1) is 0 Å². The van der Waals surface area contributed by atoms with E-state index in [0.717, 1.165) is 13.2 Å². The van der Waals surface area contributed by atoms with Gasteiger partial charge in [-0.1, -0.05) is 52.1 Å². The van der Waals surface area contributed by atoms with Crippen LogP contribution < -0.4 is 0 Å². The lowest BCUT2D eigenvalue weighted by molar-refractivity contribution is 0.182. The minimum atomic E-state index is -1.18. The molecule has 0 bridgehead atoms. The molecule has 2 aliphatic rings. The highest BCUT2D eigenvalue weighted by atomic mass is 28.3. The highest BCUT2D eigenvalue weighted by Gasteiger charge is 2.66. The molecule has 1 saturated heterocycles. The van der Waals surface area contributed by atoms with Crippen LogP contribution in [0.2, 0.25) is 49.4 Å². The fraction of sp³-hybridized carbons (Fsp3) is 1.00. The van der Waals surface area contributed by atoms with Crippen LogP contribution in [-0.4, -0.2) is 29.4 Å². The molecule has 2 unspecified atom stereocenters. The lowest BCUT2D eigenvalue weighted by Crippen LogP contribution is -2.57. The Hall–Kier alpha value is 0.394. The van der Waals surface area contributed by atoms with Crippen LogP contribution in [0.3, 0.4) is 0 Å². The molecular formula is C14H30OSi2. The number of ether oxygens (including phenoxy) is 1. The quantitative estimate of drug-likeness (QED) is 0.658. The standard InChI is InChI=1S/C14H30OSi2/c1-16(2,3)13-9-7-8-10-14(13,12-15-11-13)17(4,5)6/h7-12H2,1-6H3. The van der Waals surface area contributed by atoms with Crippen LogP contribution in [0.15, 0.2) is 0 Å². The number of rotatable bonds is 2. The SMILES string of the molecule is C[Si](C)(C)C12CCCCC1([Si](C)(C)C)COC2. The van der Waals surface area contributed by atoms with Crippen LogP contribution in [-0.2, 0) is 4.74 Å². The van der Waals surface area contributed by atoms with Crippen LogP contribution >= 0.6 is 0 Å². The van der Waals surface area contributed by atoms with Crippen molar-refractivity contribution in [1.29, 1.82) is 0 Å². The Morgan fingerprint density at radius 2 is 1.06 bits per heavy atom. The molecule has 3 heteroatoms. The van der Waals surface area contributed by atoms with Crippen molar-refractivity contribution >= 4 is 16.1 Å². The molecule has 0 aromatic heterocycles. The topological polar surface area (TPSA) is 9.23 Å². The van der Waals surface area contributed by atoms with Crippen LogP contribution in [0.25, 0.3) is 0 Å². The summed E-state index contributed by atoms with van der Waals surface area (Å²) in [5.74, 6) is 0. The van der Waals surface area contributed by atoms with E-state index in [9.17, 15) is 0 Å². The number of fused-ring (bicyclic) bond motifs is 1. The molecule has 0 N–H and O–H groups in total. The summed E-state index contributed by atoms with van der Waals surface area (Å²) in [4.78, 5) is 0. The maximum atomic E-state index is 6.12. The molecule has 1 nitrogen and oxygen atoms in total. The molecule has 0 aromatic carbocycles. The van der Waals surface area contributed by atoms with Crippen LogP contribution in [0.5, 0.6) is 0 Å². The van der Waals surface area contributed by atoms with E-state index < -0.39 is 16.1 Å². The van der Waals surface area contributed by atoms with Crippen molar-refractivity contribution < 1.29 is 4.74 Å². The Labute approximate surface area is 109 Å². The highest BCUT2D eigenvalue weighted by Crippen LogP contribution is 2.72. The second-order valence-electron chi connectivity index (χ2n) is 8.36. The van der Waals surface area contributed by atoms with Gasteiger partial charge < -0.3 is 4.74 Å². The minimum absolute atomic E-state index is 0.586. The van der Waals surface area contributed by atoms with Crippen LogP contribution in [0.1, 0.15) is 25.7 Å². The summed E-state index contributed by atoms with van der Waals surface area (Å²) in [5.41, 5.74) is 0. The van der Waals surface area contributed by atoms with Crippen molar-refractivity contribution in [2.75, 3.05) is 13.2 Å². The third-order valence-electron chi connectivity index (χ3n) is 5.94. The first-order valence-corrected chi connectivity index (χ1v) is 14.2. The van der Waals surface area contributed by atoms with E-state index in [2.05, 4.69) is 39.3 Å². The molecule has 100 valence electrons. The van der Waals surface area contributed by atoms with E-state index in [4.69, 9.17) is 4.74 Å². The van der Waals surface area contributed by atoms with Crippen molar-refractivity contribution in [2.45, 2.75) is 75.0 Å². The molecule has 0 radical (unpaired) electrons. The summed E-state index contributed by atoms with van der Waals surface area (Å²) in [6.07, 6.45) is 5.79. The molecule has 17 heavy (non-hydrogen) atoms. The smallest absolute Gasteiger partial charge is 0.0539 e. The Morgan fingerprint density at radius 1 is 0.706 bits per heavy atom. The zero-order valence-electron chi connectivity index (χ0n) is 12.7. The first kappa shape index (κ1) is 13.8. The fourth-order valence-electron chi connectivity index (χ4n) is 4.77. The highest BCUT2D eigenvalue weighted by molar-refractivity contribution is 6.86. The molecule has 1 aliphatic heterocycles. The monoisotopic (exact) mass is 270 g/mol. The van der Waals surface area contributed by atoms with E-state index in [0.29, 0.717) is 10.1 Å². The van der Waals surface area contributed by atoms with Gasteiger partial charge in [-0.05, 0) is 22.9 Å².